The Kier molecular flexibility index (Phi) is 2.95. The number of carbonyl (C=O) groups excluding carboxylic acids is 1. The van der Waals surface area contributed by atoms with Gasteiger partial charge in [-0.2, -0.15) is 0 Å². The van der Waals surface area contributed by atoms with E-state index in [9.17, 15) is 4.79 Å². The zero-order valence-electron chi connectivity index (χ0n) is 9.28. The Balaban J connectivity index is 2.13. The average Bonchev–Trinajstić information content (AvgIpc) is 2.77. The number of rotatable bonds is 3. The zero-order chi connectivity index (χ0) is 10.8. The van der Waals surface area contributed by atoms with E-state index in [1.807, 2.05) is 6.92 Å². The van der Waals surface area contributed by atoms with Gasteiger partial charge in [0.1, 0.15) is 6.61 Å². The van der Waals surface area contributed by atoms with Crippen molar-refractivity contribution in [2.75, 3.05) is 26.9 Å². The summed E-state index contributed by atoms with van der Waals surface area (Å²) in [6, 6.07) is 0.412. The minimum Gasteiger partial charge on any atom is -0.456 e. The molecule has 4 nitrogen and oxygen atoms in total. The van der Waals surface area contributed by atoms with E-state index in [4.69, 9.17) is 9.47 Å². The molecular weight excluding hydrogens is 194 g/mol. The molecule has 15 heavy (non-hydrogen) atoms. The molecule has 0 bridgehead atoms. The molecule has 2 aliphatic rings. The number of likely N-dealkylation sites (tertiary alicyclic amines) is 1. The van der Waals surface area contributed by atoms with Crippen LogP contribution in [-0.4, -0.2) is 43.8 Å². The Labute approximate surface area is 89.8 Å². The van der Waals surface area contributed by atoms with Crippen molar-refractivity contribution in [1.29, 1.82) is 0 Å². The summed E-state index contributed by atoms with van der Waals surface area (Å²) in [4.78, 5) is 13.5. The van der Waals surface area contributed by atoms with Crippen LogP contribution >= 0.6 is 0 Å². The largest absolute Gasteiger partial charge is 0.456 e. The highest BCUT2D eigenvalue weighted by Crippen LogP contribution is 2.27. The van der Waals surface area contributed by atoms with Gasteiger partial charge in [0.15, 0.2) is 0 Å². The van der Waals surface area contributed by atoms with Gasteiger partial charge in [0.2, 0.25) is 0 Å². The highest BCUT2D eigenvalue weighted by Gasteiger charge is 2.32. The lowest BCUT2D eigenvalue weighted by atomic mass is 10.2. The SMILES string of the molecule is COC[C@@H]1CCCN1C1=C(C)C(=O)OC1. The predicted octanol–water partition coefficient (Wildman–Crippen LogP) is 0.928. The van der Waals surface area contributed by atoms with Crippen molar-refractivity contribution in [3.05, 3.63) is 11.3 Å². The summed E-state index contributed by atoms with van der Waals surface area (Å²) in [5, 5.41) is 0. The number of cyclic esters (lactones) is 1. The Bertz CT molecular complexity index is 298. The van der Waals surface area contributed by atoms with Gasteiger partial charge in [0.05, 0.1) is 23.9 Å². The van der Waals surface area contributed by atoms with Gasteiger partial charge in [-0.15, -0.1) is 0 Å². The lowest BCUT2D eigenvalue weighted by Gasteiger charge is -2.26. The summed E-state index contributed by atoms with van der Waals surface area (Å²) < 4.78 is 10.2. The average molecular weight is 211 g/mol. The van der Waals surface area contributed by atoms with Gasteiger partial charge >= 0.3 is 5.97 Å². The summed E-state index contributed by atoms with van der Waals surface area (Å²) in [7, 11) is 1.72. The monoisotopic (exact) mass is 211 g/mol. The van der Waals surface area contributed by atoms with E-state index in [0.29, 0.717) is 12.6 Å². The molecule has 0 radical (unpaired) electrons. The Morgan fingerprint density at radius 2 is 2.40 bits per heavy atom. The number of hydrogen-bond donors (Lipinski definition) is 0. The van der Waals surface area contributed by atoms with E-state index >= 15 is 0 Å². The third kappa shape index (κ3) is 1.86. The number of methoxy groups -OCH3 is 1. The molecular formula is C11H17NO3. The van der Waals surface area contributed by atoms with Crippen LogP contribution in [0, 0.1) is 0 Å². The fourth-order valence-electron chi connectivity index (χ4n) is 2.32. The van der Waals surface area contributed by atoms with Crippen molar-refractivity contribution in [3.8, 4) is 0 Å². The lowest BCUT2D eigenvalue weighted by molar-refractivity contribution is -0.136. The number of esters is 1. The Morgan fingerprint density at radius 1 is 1.60 bits per heavy atom. The molecule has 0 saturated carbocycles. The van der Waals surface area contributed by atoms with Gasteiger partial charge in [-0.3, -0.25) is 0 Å². The molecule has 0 N–H and O–H groups in total. The van der Waals surface area contributed by atoms with Crippen molar-refractivity contribution >= 4 is 5.97 Å². The highest BCUT2D eigenvalue weighted by molar-refractivity contribution is 5.90. The quantitative estimate of drug-likeness (QED) is 0.651. The number of carbonyl (C=O) groups is 1. The molecule has 1 fully saturated rings. The molecule has 0 unspecified atom stereocenters. The maximum Gasteiger partial charge on any atom is 0.335 e. The normalized spacial score (nSPS) is 26.4. The second kappa shape index (κ2) is 4.23. The van der Waals surface area contributed by atoms with E-state index in [2.05, 4.69) is 4.90 Å². The van der Waals surface area contributed by atoms with Crippen LogP contribution in [0.4, 0.5) is 0 Å². The van der Waals surface area contributed by atoms with Crippen LogP contribution in [0.1, 0.15) is 19.8 Å². The van der Waals surface area contributed by atoms with Crippen LogP contribution in [-0.2, 0) is 14.3 Å². The molecule has 0 aromatic carbocycles. The van der Waals surface area contributed by atoms with Crippen molar-refractivity contribution in [2.45, 2.75) is 25.8 Å². The molecule has 1 atom stereocenters. The molecule has 84 valence electrons. The molecule has 1 saturated heterocycles. The maximum atomic E-state index is 11.3. The summed E-state index contributed by atoms with van der Waals surface area (Å²) in [5.74, 6) is -0.173. The first-order valence-electron chi connectivity index (χ1n) is 5.36. The van der Waals surface area contributed by atoms with Gasteiger partial charge in [-0.25, -0.2) is 4.79 Å². The van der Waals surface area contributed by atoms with Crippen molar-refractivity contribution < 1.29 is 14.3 Å². The van der Waals surface area contributed by atoms with Crippen LogP contribution in [0.25, 0.3) is 0 Å². The Hall–Kier alpha value is -1.03. The molecule has 2 aliphatic heterocycles. The topological polar surface area (TPSA) is 38.8 Å². The lowest BCUT2D eigenvalue weighted by Crippen LogP contribution is -2.33. The fraction of sp³-hybridized carbons (Fsp3) is 0.727. The Morgan fingerprint density at radius 3 is 3.00 bits per heavy atom. The molecule has 4 heteroatoms. The van der Waals surface area contributed by atoms with Gasteiger partial charge in [-0.05, 0) is 19.8 Å². The molecule has 2 heterocycles. The molecule has 0 aromatic rings. The van der Waals surface area contributed by atoms with E-state index in [-0.39, 0.29) is 5.97 Å². The van der Waals surface area contributed by atoms with Gasteiger partial charge in [-0.1, -0.05) is 0 Å². The predicted molar refractivity (Wildman–Crippen MR) is 55.3 cm³/mol. The minimum atomic E-state index is -0.173. The van der Waals surface area contributed by atoms with Crippen LogP contribution in [0.15, 0.2) is 11.3 Å². The van der Waals surface area contributed by atoms with Crippen LogP contribution in [0.2, 0.25) is 0 Å². The van der Waals surface area contributed by atoms with Gasteiger partial charge in [0.25, 0.3) is 0 Å². The summed E-state index contributed by atoms with van der Waals surface area (Å²) in [6.07, 6.45) is 2.30. The van der Waals surface area contributed by atoms with Crippen molar-refractivity contribution in [1.82, 2.24) is 4.90 Å². The first-order chi connectivity index (χ1) is 7.24. The first-order valence-corrected chi connectivity index (χ1v) is 5.36. The molecule has 0 spiro atoms. The van der Waals surface area contributed by atoms with Crippen molar-refractivity contribution in [3.63, 3.8) is 0 Å². The zero-order valence-corrected chi connectivity index (χ0v) is 9.28. The van der Waals surface area contributed by atoms with Crippen molar-refractivity contribution in [2.24, 2.45) is 0 Å². The number of nitrogens with zero attached hydrogens (tertiary/aromatic N) is 1. The third-order valence-corrected chi connectivity index (χ3v) is 3.16. The van der Waals surface area contributed by atoms with Gasteiger partial charge < -0.3 is 14.4 Å². The smallest absolute Gasteiger partial charge is 0.335 e. The molecule has 0 aliphatic carbocycles. The standard InChI is InChI=1S/C11H17NO3/c1-8-10(7-15-11(8)13)12-5-3-4-9(12)6-14-2/h9H,3-7H2,1-2H3/t9-/m0/s1. The second-order valence-electron chi connectivity index (χ2n) is 4.09. The molecule has 0 amide bonds. The number of hydrogen-bond acceptors (Lipinski definition) is 4. The molecule has 0 aromatic heterocycles. The fourth-order valence-corrected chi connectivity index (χ4v) is 2.32. The summed E-state index contributed by atoms with van der Waals surface area (Å²) in [5.41, 5.74) is 1.82. The van der Waals surface area contributed by atoms with E-state index in [1.54, 1.807) is 7.11 Å². The minimum absolute atomic E-state index is 0.173. The van der Waals surface area contributed by atoms with Crippen LogP contribution < -0.4 is 0 Å². The van der Waals surface area contributed by atoms with E-state index in [0.717, 1.165) is 30.8 Å². The van der Waals surface area contributed by atoms with Gasteiger partial charge in [0, 0.05) is 13.7 Å². The summed E-state index contributed by atoms with van der Waals surface area (Å²) >= 11 is 0. The van der Waals surface area contributed by atoms with E-state index < -0.39 is 0 Å². The third-order valence-electron chi connectivity index (χ3n) is 3.16. The van der Waals surface area contributed by atoms with Crippen LogP contribution in [0.5, 0.6) is 0 Å². The number of ether oxygens (including phenoxy) is 2. The first kappa shape index (κ1) is 10.5. The van der Waals surface area contributed by atoms with E-state index in [1.165, 1.54) is 6.42 Å². The maximum absolute atomic E-state index is 11.3. The summed E-state index contributed by atoms with van der Waals surface area (Å²) in [6.45, 7) is 4.01. The highest BCUT2D eigenvalue weighted by atomic mass is 16.5. The second-order valence-corrected chi connectivity index (χ2v) is 4.09. The molecule has 2 rings (SSSR count). The van der Waals surface area contributed by atoms with Crippen LogP contribution in [0.3, 0.4) is 0 Å².